The Morgan fingerprint density at radius 3 is 2.38 bits per heavy atom. The Labute approximate surface area is 193 Å². The number of aromatic nitrogens is 2. The molecule has 3 N–H and O–H groups in total. The van der Waals surface area contributed by atoms with Crippen molar-refractivity contribution in [1.82, 2.24) is 9.55 Å². The molecule has 7 nitrogen and oxygen atoms in total. The van der Waals surface area contributed by atoms with Gasteiger partial charge in [0.2, 0.25) is 0 Å². The molecule has 1 saturated heterocycles. The molecule has 0 unspecified atom stereocenters. The topological polar surface area (TPSA) is 105 Å². The summed E-state index contributed by atoms with van der Waals surface area (Å²) in [5.41, 5.74) is 4.22. The van der Waals surface area contributed by atoms with E-state index in [-0.39, 0.29) is 24.4 Å². The number of nitrogens with one attached hydrogen (secondary N) is 1. The average Bonchev–Trinajstić information content (AvgIpc) is 3.46. The summed E-state index contributed by atoms with van der Waals surface area (Å²) in [6, 6.07) is 15.5. The second-order valence-electron chi connectivity index (χ2n) is 9.39. The molecule has 1 aliphatic heterocycles. The zero-order valence-electron chi connectivity index (χ0n) is 18.4. The van der Waals surface area contributed by atoms with Gasteiger partial charge in [-0.25, -0.2) is 0 Å². The van der Waals surface area contributed by atoms with E-state index in [1.165, 1.54) is 0 Å². The average molecular weight is 454 g/mol. The number of rotatable bonds is 1. The van der Waals surface area contributed by atoms with Gasteiger partial charge in [-0.2, -0.15) is 0 Å². The minimum atomic E-state index is -0.971. The number of Topliss-reactive ketones (excluding diaryl/α,β-unsaturated/α-hetero) is 2. The number of nitrogens with zero attached hydrogens (tertiary/aromatic N) is 1. The van der Waals surface area contributed by atoms with E-state index in [9.17, 15) is 19.8 Å². The summed E-state index contributed by atoms with van der Waals surface area (Å²) < 4.78 is 8.23. The van der Waals surface area contributed by atoms with E-state index in [1.54, 1.807) is 6.92 Å². The lowest BCUT2D eigenvalue weighted by Gasteiger charge is -2.36. The lowest BCUT2D eigenvalue weighted by atomic mass is 9.96. The molecule has 0 spiro atoms. The number of hydrogen-bond donors (Lipinski definition) is 3. The number of carbonyl (C=O) groups excluding carboxylic acids is 2. The molecule has 3 aromatic carbocycles. The molecule has 170 valence electrons. The fourth-order valence-corrected chi connectivity index (χ4v) is 5.98. The van der Waals surface area contributed by atoms with E-state index < -0.39 is 24.5 Å². The highest BCUT2D eigenvalue weighted by Gasteiger charge is 2.39. The third kappa shape index (κ3) is 2.41. The molecule has 0 radical (unpaired) electrons. The van der Waals surface area contributed by atoms with Crippen molar-refractivity contribution in [3.05, 3.63) is 59.7 Å². The number of ether oxygens (including phenoxy) is 1. The minimum Gasteiger partial charge on any atom is -0.390 e. The van der Waals surface area contributed by atoms with Gasteiger partial charge in [0.05, 0.1) is 35.2 Å². The summed E-state index contributed by atoms with van der Waals surface area (Å²) >= 11 is 0. The van der Waals surface area contributed by atoms with Crippen LogP contribution in [0, 0.1) is 0 Å². The predicted molar refractivity (Wildman–Crippen MR) is 128 cm³/mol. The molecule has 2 aliphatic rings. The van der Waals surface area contributed by atoms with Crippen LogP contribution in [0.1, 0.15) is 46.7 Å². The summed E-state index contributed by atoms with van der Waals surface area (Å²) in [5.74, 6) is -0.331. The standard InChI is InChI=1S/C27H22N2O5/c1-12-27(33)19(32)11-20(34-12)29-16-9-5-3-7-14(16)22-24-18(31)10-17(30)23(24)21-13-6-2-4-8-15(13)28-25(21)26(22)29/h2-9,12,19-20,27-28,32-33H,10-11H2,1H3/t12-,19-,20-,27-/m1/s1. The Balaban J connectivity index is 1.72. The van der Waals surface area contributed by atoms with Crippen LogP contribution in [0.2, 0.25) is 0 Å². The first kappa shape index (κ1) is 19.9. The summed E-state index contributed by atoms with van der Waals surface area (Å²) in [6.45, 7) is 1.74. The molecule has 7 rings (SSSR count). The molecule has 0 saturated carbocycles. The maximum atomic E-state index is 13.2. The van der Waals surface area contributed by atoms with Crippen molar-refractivity contribution in [3.8, 4) is 0 Å². The second-order valence-corrected chi connectivity index (χ2v) is 9.39. The number of hydrogen-bond acceptors (Lipinski definition) is 5. The van der Waals surface area contributed by atoms with E-state index >= 15 is 0 Å². The monoisotopic (exact) mass is 454 g/mol. The maximum absolute atomic E-state index is 13.2. The first-order valence-corrected chi connectivity index (χ1v) is 11.5. The summed E-state index contributed by atoms with van der Waals surface area (Å²) in [6.07, 6.45) is -2.98. The number of H-pyrrole nitrogens is 1. The van der Waals surface area contributed by atoms with Crippen molar-refractivity contribution in [3.63, 3.8) is 0 Å². The normalized spacial score (nSPS) is 25.3. The largest absolute Gasteiger partial charge is 0.390 e. The van der Waals surface area contributed by atoms with Gasteiger partial charge >= 0.3 is 0 Å². The Morgan fingerprint density at radius 1 is 0.941 bits per heavy atom. The number of aliphatic hydroxyl groups is 2. The molecule has 0 bridgehead atoms. The van der Waals surface area contributed by atoms with Crippen LogP contribution in [-0.2, 0) is 4.74 Å². The molecule has 2 aromatic heterocycles. The van der Waals surface area contributed by atoms with Gasteiger partial charge in [-0.3, -0.25) is 9.59 Å². The van der Waals surface area contributed by atoms with Crippen LogP contribution in [-0.4, -0.2) is 49.6 Å². The third-order valence-electron chi connectivity index (χ3n) is 7.46. The predicted octanol–water partition coefficient (Wildman–Crippen LogP) is 4.23. The first-order chi connectivity index (χ1) is 16.5. The Kier molecular flexibility index (Phi) is 3.96. The van der Waals surface area contributed by atoms with E-state index in [0.29, 0.717) is 11.1 Å². The summed E-state index contributed by atoms with van der Waals surface area (Å²) in [4.78, 5) is 29.8. The van der Waals surface area contributed by atoms with Gasteiger partial charge in [0.25, 0.3) is 0 Å². The highest BCUT2D eigenvalue weighted by Crippen LogP contribution is 2.47. The maximum Gasteiger partial charge on any atom is 0.172 e. The molecule has 4 atom stereocenters. The lowest BCUT2D eigenvalue weighted by molar-refractivity contribution is -0.182. The second kappa shape index (κ2) is 6.76. The van der Waals surface area contributed by atoms with Crippen LogP contribution < -0.4 is 0 Å². The number of aliphatic hydroxyl groups excluding tert-OH is 2. The number of benzene rings is 3. The number of carbonyl (C=O) groups is 2. The molecule has 1 fully saturated rings. The molecule has 7 heteroatoms. The smallest absolute Gasteiger partial charge is 0.172 e. The van der Waals surface area contributed by atoms with Gasteiger partial charge in [0.1, 0.15) is 12.3 Å². The van der Waals surface area contributed by atoms with Crippen LogP contribution in [0.4, 0.5) is 0 Å². The van der Waals surface area contributed by atoms with Gasteiger partial charge in [-0.15, -0.1) is 0 Å². The van der Waals surface area contributed by atoms with Crippen molar-refractivity contribution >= 4 is 55.2 Å². The highest BCUT2D eigenvalue weighted by molar-refractivity contribution is 6.40. The number of fused-ring (bicyclic) bond motifs is 10. The Bertz CT molecular complexity index is 1680. The molecular formula is C27H22N2O5. The Morgan fingerprint density at radius 2 is 1.62 bits per heavy atom. The molecule has 5 aromatic rings. The molecule has 1 aliphatic carbocycles. The fraction of sp³-hybridized carbons (Fsp3) is 0.259. The van der Waals surface area contributed by atoms with E-state index in [1.807, 2.05) is 53.1 Å². The fourth-order valence-electron chi connectivity index (χ4n) is 5.98. The van der Waals surface area contributed by atoms with Crippen molar-refractivity contribution in [2.45, 2.75) is 44.3 Å². The minimum absolute atomic E-state index is 0.134. The quantitative estimate of drug-likeness (QED) is 0.329. The number of ketones is 2. The van der Waals surface area contributed by atoms with Gasteiger partial charge < -0.3 is 24.5 Å². The van der Waals surface area contributed by atoms with Crippen molar-refractivity contribution in [2.75, 3.05) is 0 Å². The molecular weight excluding hydrogens is 432 g/mol. The zero-order valence-corrected chi connectivity index (χ0v) is 18.4. The zero-order chi connectivity index (χ0) is 23.3. The first-order valence-electron chi connectivity index (χ1n) is 11.5. The van der Waals surface area contributed by atoms with Gasteiger partial charge in [0.15, 0.2) is 11.6 Å². The van der Waals surface area contributed by atoms with Gasteiger partial charge in [0, 0.05) is 44.6 Å². The summed E-state index contributed by atoms with van der Waals surface area (Å²) in [5, 5.41) is 24.1. The van der Waals surface area contributed by atoms with E-state index in [0.717, 1.165) is 43.6 Å². The number of para-hydroxylation sites is 2. The highest BCUT2D eigenvalue weighted by atomic mass is 16.5. The van der Waals surface area contributed by atoms with Crippen LogP contribution in [0.25, 0.3) is 43.6 Å². The van der Waals surface area contributed by atoms with Crippen LogP contribution >= 0.6 is 0 Å². The van der Waals surface area contributed by atoms with Crippen molar-refractivity contribution in [1.29, 1.82) is 0 Å². The lowest BCUT2D eigenvalue weighted by Crippen LogP contribution is -2.45. The van der Waals surface area contributed by atoms with Crippen LogP contribution in [0.5, 0.6) is 0 Å². The molecule has 3 heterocycles. The van der Waals surface area contributed by atoms with E-state index in [2.05, 4.69) is 4.98 Å². The SMILES string of the molecule is C[C@H]1O[C@@H](n2c3ccccc3c3c4c(c5c6ccccc6[nH]c5c32)C(=O)CC4=O)C[C@@H](O)[C@@H]1O. The molecule has 0 amide bonds. The van der Waals surface area contributed by atoms with Crippen LogP contribution in [0.15, 0.2) is 48.5 Å². The third-order valence-corrected chi connectivity index (χ3v) is 7.46. The van der Waals surface area contributed by atoms with E-state index in [4.69, 9.17) is 4.74 Å². The van der Waals surface area contributed by atoms with Gasteiger partial charge in [-0.05, 0) is 19.1 Å². The van der Waals surface area contributed by atoms with Crippen molar-refractivity contribution < 1.29 is 24.5 Å². The molecule has 34 heavy (non-hydrogen) atoms. The van der Waals surface area contributed by atoms with Gasteiger partial charge in [-0.1, -0.05) is 36.4 Å². The van der Waals surface area contributed by atoms with Crippen molar-refractivity contribution in [2.24, 2.45) is 0 Å². The van der Waals surface area contributed by atoms with Crippen LogP contribution in [0.3, 0.4) is 0 Å². The summed E-state index contributed by atoms with van der Waals surface area (Å²) in [7, 11) is 0. The number of aromatic amines is 1. The Hall–Kier alpha value is -3.52.